The Kier molecular flexibility index (Phi) is 3.68. The number of nitrogens with zero attached hydrogens (tertiary/aromatic N) is 2. The van der Waals surface area contributed by atoms with Gasteiger partial charge in [0.25, 0.3) is 5.91 Å². The summed E-state index contributed by atoms with van der Waals surface area (Å²) >= 11 is 6.41. The normalized spacial score (nSPS) is 13.1. The zero-order chi connectivity index (χ0) is 15.0. The Hall–Kier alpha value is -1.87. The molecule has 1 aromatic heterocycles. The number of pyridine rings is 1. The smallest absolute Gasteiger partial charge is 0.254 e. The van der Waals surface area contributed by atoms with E-state index in [2.05, 4.69) is 17.1 Å². The molecule has 0 saturated heterocycles. The first kappa shape index (κ1) is 14.1. The lowest BCUT2D eigenvalue weighted by Gasteiger charge is -2.12. The molecule has 1 aliphatic rings. The molecule has 1 aliphatic carbocycles. The maximum Gasteiger partial charge on any atom is 0.254 e. The van der Waals surface area contributed by atoms with Crippen molar-refractivity contribution in [3.05, 3.63) is 52.3 Å². The van der Waals surface area contributed by atoms with Crippen molar-refractivity contribution < 1.29 is 4.79 Å². The maximum absolute atomic E-state index is 12.1. The number of fused-ring (bicyclic) bond motifs is 1. The van der Waals surface area contributed by atoms with Gasteiger partial charge in [0.05, 0.1) is 5.56 Å². The highest BCUT2D eigenvalue weighted by Gasteiger charge is 2.16. The molecule has 108 valence electrons. The lowest BCUT2D eigenvalue weighted by Crippen LogP contribution is -2.21. The van der Waals surface area contributed by atoms with E-state index >= 15 is 0 Å². The topological polar surface area (TPSA) is 33.2 Å². The molecule has 4 heteroatoms. The Balaban J connectivity index is 2.05. The molecule has 3 nitrogen and oxygen atoms in total. The van der Waals surface area contributed by atoms with Crippen molar-refractivity contribution in [1.82, 2.24) is 9.88 Å². The lowest BCUT2D eigenvalue weighted by molar-refractivity contribution is 0.0827. The number of hydrogen-bond acceptors (Lipinski definition) is 2. The Labute approximate surface area is 129 Å². The second-order valence-corrected chi connectivity index (χ2v) is 6.02. The number of hydrogen-bond donors (Lipinski definition) is 0. The van der Waals surface area contributed by atoms with Gasteiger partial charge in [0.2, 0.25) is 0 Å². The van der Waals surface area contributed by atoms with Crippen molar-refractivity contribution in [1.29, 1.82) is 0 Å². The van der Waals surface area contributed by atoms with Crippen molar-refractivity contribution in [3.63, 3.8) is 0 Å². The summed E-state index contributed by atoms with van der Waals surface area (Å²) < 4.78 is 0. The van der Waals surface area contributed by atoms with E-state index in [1.165, 1.54) is 17.5 Å². The Morgan fingerprint density at radius 2 is 1.86 bits per heavy atom. The number of carbonyl (C=O) groups is 1. The van der Waals surface area contributed by atoms with Gasteiger partial charge in [0, 0.05) is 42.6 Å². The van der Waals surface area contributed by atoms with Crippen LogP contribution in [0.3, 0.4) is 0 Å². The number of halogens is 1. The van der Waals surface area contributed by atoms with Crippen LogP contribution in [0, 0.1) is 0 Å². The van der Waals surface area contributed by atoms with Gasteiger partial charge < -0.3 is 4.90 Å². The first-order valence-corrected chi connectivity index (χ1v) is 7.42. The van der Waals surface area contributed by atoms with Crippen molar-refractivity contribution in [2.24, 2.45) is 0 Å². The molecule has 0 atom stereocenters. The molecule has 1 amide bonds. The van der Waals surface area contributed by atoms with Crippen LogP contribution in [0.2, 0.25) is 5.02 Å². The van der Waals surface area contributed by atoms with Crippen molar-refractivity contribution in [2.45, 2.75) is 19.3 Å². The summed E-state index contributed by atoms with van der Waals surface area (Å²) in [5.74, 6) is -0.0540. The second-order valence-electron chi connectivity index (χ2n) is 5.62. The highest BCUT2D eigenvalue weighted by atomic mass is 35.5. The summed E-state index contributed by atoms with van der Waals surface area (Å²) in [4.78, 5) is 17.8. The van der Waals surface area contributed by atoms with Gasteiger partial charge in [0.15, 0.2) is 0 Å². The predicted octanol–water partition coefficient (Wildman–Crippen LogP) is 3.59. The monoisotopic (exact) mass is 300 g/mol. The van der Waals surface area contributed by atoms with E-state index < -0.39 is 0 Å². The third-order valence-corrected chi connectivity index (χ3v) is 4.20. The average Bonchev–Trinajstić information content (AvgIpc) is 2.92. The zero-order valence-electron chi connectivity index (χ0n) is 12.2. The summed E-state index contributed by atoms with van der Waals surface area (Å²) in [7, 11) is 3.47. The number of rotatable bonds is 2. The molecule has 0 unspecified atom stereocenters. The van der Waals surface area contributed by atoms with Gasteiger partial charge >= 0.3 is 0 Å². The van der Waals surface area contributed by atoms with Crippen LogP contribution >= 0.6 is 11.6 Å². The summed E-state index contributed by atoms with van der Waals surface area (Å²) in [5, 5.41) is 0.729. The molecule has 2 aromatic rings. The van der Waals surface area contributed by atoms with E-state index in [0.717, 1.165) is 29.0 Å². The molecule has 0 radical (unpaired) electrons. The fourth-order valence-electron chi connectivity index (χ4n) is 2.78. The molecular formula is C17H17ClN2O. The number of aryl methyl sites for hydroxylation is 2. The SMILES string of the molecule is CN(C)C(=O)c1cncc(-c2cc3c(cc2Cl)CCC3)c1. The Bertz CT molecular complexity index is 710. The standard InChI is InChI=1S/C17H17ClN2O/c1-20(2)17(21)14-6-13(9-19-10-14)15-7-11-4-3-5-12(11)8-16(15)18/h6-10H,3-5H2,1-2H3. The van der Waals surface area contributed by atoms with Gasteiger partial charge in [-0.25, -0.2) is 0 Å². The predicted molar refractivity (Wildman–Crippen MR) is 84.7 cm³/mol. The van der Waals surface area contributed by atoms with Crippen molar-refractivity contribution in [3.8, 4) is 11.1 Å². The zero-order valence-corrected chi connectivity index (χ0v) is 12.9. The molecule has 21 heavy (non-hydrogen) atoms. The minimum absolute atomic E-state index is 0.0540. The van der Waals surface area contributed by atoms with E-state index in [9.17, 15) is 4.79 Å². The molecule has 0 fully saturated rings. The molecular weight excluding hydrogens is 284 g/mol. The molecule has 0 N–H and O–H groups in total. The van der Waals surface area contributed by atoms with E-state index in [0.29, 0.717) is 5.56 Å². The number of amides is 1. The number of carbonyl (C=O) groups excluding carboxylic acids is 1. The van der Waals surface area contributed by atoms with Gasteiger partial charge in [-0.3, -0.25) is 9.78 Å². The van der Waals surface area contributed by atoms with E-state index in [4.69, 9.17) is 11.6 Å². The van der Waals surface area contributed by atoms with E-state index in [1.54, 1.807) is 31.4 Å². The van der Waals surface area contributed by atoms with Crippen LogP contribution in [-0.2, 0) is 12.8 Å². The molecule has 0 aliphatic heterocycles. The molecule has 0 spiro atoms. The molecule has 1 heterocycles. The van der Waals surface area contributed by atoms with Gasteiger partial charge in [-0.2, -0.15) is 0 Å². The van der Waals surface area contributed by atoms with Crippen molar-refractivity contribution in [2.75, 3.05) is 14.1 Å². The Morgan fingerprint density at radius 3 is 2.57 bits per heavy atom. The maximum atomic E-state index is 12.1. The quantitative estimate of drug-likeness (QED) is 0.849. The summed E-state index contributed by atoms with van der Waals surface area (Å²) in [6.07, 6.45) is 6.74. The first-order chi connectivity index (χ1) is 10.1. The fraction of sp³-hybridized carbons (Fsp3) is 0.294. The largest absolute Gasteiger partial charge is 0.345 e. The van der Waals surface area contributed by atoms with Gasteiger partial charge in [-0.1, -0.05) is 11.6 Å². The third-order valence-electron chi connectivity index (χ3n) is 3.88. The van der Waals surface area contributed by atoms with Crippen LogP contribution in [0.25, 0.3) is 11.1 Å². The van der Waals surface area contributed by atoms with Crippen LogP contribution in [-0.4, -0.2) is 29.9 Å². The van der Waals surface area contributed by atoms with Gasteiger partial charge in [0.1, 0.15) is 0 Å². The molecule has 0 saturated carbocycles. The first-order valence-electron chi connectivity index (χ1n) is 7.04. The Morgan fingerprint density at radius 1 is 1.14 bits per heavy atom. The highest BCUT2D eigenvalue weighted by Crippen LogP contribution is 2.34. The van der Waals surface area contributed by atoms with E-state index in [-0.39, 0.29) is 5.91 Å². The van der Waals surface area contributed by atoms with Gasteiger partial charge in [-0.05, 0) is 48.6 Å². The summed E-state index contributed by atoms with van der Waals surface area (Å²) in [5.41, 5.74) is 5.13. The average molecular weight is 301 g/mol. The number of aromatic nitrogens is 1. The molecule has 1 aromatic carbocycles. The molecule has 0 bridgehead atoms. The minimum Gasteiger partial charge on any atom is -0.345 e. The summed E-state index contributed by atoms with van der Waals surface area (Å²) in [6, 6.07) is 6.06. The summed E-state index contributed by atoms with van der Waals surface area (Å²) in [6.45, 7) is 0. The number of benzene rings is 1. The van der Waals surface area contributed by atoms with E-state index in [1.807, 2.05) is 6.07 Å². The molecule has 3 rings (SSSR count). The lowest BCUT2D eigenvalue weighted by atomic mass is 10.0. The van der Waals surface area contributed by atoms with Crippen LogP contribution in [0.1, 0.15) is 27.9 Å². The third kappa shape index (κ3) is 2.66. The minimum atomic E-state index is -0.0540. The van der Waals surface area contributed by atoms with Crippen LogP contribution in [0.5, 0.6) is 0 Å². The fourth-order valence-corrected chi connectivity index (χ4v) is 3.07. The second kappa shape index (κ2) is 5.49. The highest BCUT2D eigenvalue weighted by molar-refractivity contribution is 6.33. The van der Waals surface area contributed by atoms with Crippen LogP contribution < -0.4 is 0 Å². The van der Waals surface area contributed by atoms with Crippen LogP contribution in [0.15, 0.2) is 30.6 Å². The van der Waals surface area contributed by atoms with Crippen LogP contribution in [0.4, 0.5) is 0 Å². The van der Waals surface area contributed by atoms with Gasteiger partial charge in [-0.15, -0.1) is 0 Å². The van der Waals surface area contributed by atoms with Crippen molar-refractivity contribution >= 4 is 17.5 Å².